The van der Waals surface area contributed by atoms with Gasteiger partial charge in [0.1, 0.15) is 6.04 Å². The van der Waals surface area contributed by atoms with E-state index in [2.05, 4.69) is 5.32 Å². The molecule has 0 heterocycles. The van der Waals surface area contributed by atoms with Crippen molar-refractivity contribution < 1.29 is 14.7 Å². The van der Waals surface area contributed by atoms with Crippen molar-refractivity contribution >= 4 is 23.6 Å². The summed E-state index contributed by atoms with van der Waals surface area (Å²) >= 11 is 1.70. The molecule has 0 fully saturated rings. The van der Waals surface area contributed by atoms with Crippen LogP contribution in [0.4, 0.5) is 0 Å². The van der Waals surface area contributed by atoms with E-state index in [0.29, 0.717) is 12.8 Å². The van der Waals surface area contributed by atoms with Crippen molar-refractivity contribution in [2.75, 3.05) is 5.75 Å². The van der Waals surface area contributed by atoms with Crippen molar-refractivity contribution in [3.05, 3.63) is 30.3 Å². The number of aliphatic carboxylic acids is 1. The minimum Gasteiger partial charge on any atom is -0.480 e. The van der Waals surface area contributed by atoms with Crippen LogP contribution in [0.1, 0.15) is 26.2 Å². The van der Waals surface area contributed by atoms with Crippen LogP contribution in [0.3, 0.4) is 0 Å². The topological polar surface area (TPSA) is 66.4 Å². The first kappa shape index (κ1) is 15.6. The minimum absolute atomic E-state index is 0.192. The molecule has 5 heteroatoms. The molecule has 1 unspecified atom stereocenters. The number of hydrogen-bond acceptors (Lipinski definition) is 3. The van der Waals surface area contributed by atoms with Gasteiger partial charge >= 0.3 is 5.97 Å². The molecule has 1 rings (SSSR count). The highest BCUT2D eigenvalue weighted by molar-refractivity contribution is 7.99. The van der Waals surface area contributed by atoms with Crippen LogP contribution in [0, 0.1) is 0 Å². The zero-order chi connectivity index (χ0) is 14.1. The van der Waals surface area contributed by atoms with Crippen LogP contribution in [-0.4, -0.2) is 28.8 Å². The number of carboxylic acid groups (broad SMARTS) is 1. The van der Waals surface area contributed by atoms with Crippen molar-refractivity contribution in [1.82, 2.24) is 5.32 Å². The molecule has 19 heavy (non-hydrogen) atoms. The lowest BCUT2D eigenvalue weighted by molar-refractivity contribution is -0.141. The van der Waals surface area contributed by atoms with Gasteiger partial charge in [-0.1, -0.05) is 25.1 Å². The van der Waals surface area contributed by atoms with Crippen LogP contribution in [0.15, 0.2) is 35.2 Å². The second-order valence-electron chi connectivity index (χ2n) is 4.13. The van der Waals surface area contributed by atoms with Gasteiger partial charge in [-0.3, -0.25) is 4.79 Å². The average molecular weight is 281 g/mol. The number of hydrogen-bond donors (Lipinski definition) is 2. The molecule has 0 aliphatic carbocycles. The first-order valence-corrected chi connectivity index (χ1v) is 7.32. The molecular formula is C14H19NO3S. The summed E-state index contributed by atoms with van der Waals surface area (Å²) in [4.78, 5) is 23.5. The van der Waals surface area contributed by atoms with Gasteiger partial charge in [0.2, 0.25) is 5.91 Å². The maximum Gasteiger partial charge on any atom is 0.326 e. The van der Waals surface area contributed by atoms with Crippen molar-refractivity contribution in [2.45, 2.75) is 37.1 Å². The van der Waals surface area contributed by atoms with E-state index in [0.717, 1.165) is 12.2 Å². The lowest BCUT2D eigenvalue weighted by Gasteiger charge is -2.11. The zero-order valence-electron chi connectivity index (χ0n) is 11.0. The predicted molar refractivity (Wildman–Crippen MR) is 76.3 cm³/mol. The van der Waals surface area contributed by atoms with Gasteiger partial charge < -0.3 is 10.4 Å². The van der Waals surface area contributed by atoms with E-state index in [9.17, 15) is 9.59 Å². The van der Waals surface area contributed by atoms with E-state index in [-0.39, 0.29) is 5.91 Å². The third-order valence-corrected chi connectivity index (χ3v) is 3.70. The van der Waals surface area contributed by atoms with Crippen LogP contribution in [-0.2, 0) is 9.59 Å². The fraction of sp³-hybridized carbons (Fsp3) is 0.429. The Morgan fingerprint density at radius 1 is 1.32 bits per heavy atom. The third-order valence-electron chi connectivity index (χ3n) is 2.60. The van der Waals surface area contributed by atoms with Crippen LogP contribution >= 0.6 is 11.8 Å². The first-order valence-electron chi connectivity index (χ1n) is 6.33. The van der Waals surface area contributed by atoms with Gasteiger partial charge in [0.25, 0.3) is 0 Å². The maximum atomic E-state index is 11.5. The standard InChI is InChI=1S/C14H19NO3S/c1-2-12(14(17)18)15-13(16)9-6-10-19-11-7-4-3-5-8-11/h3-5,7-8,12H,2,6,9-10H2,1H3,(H,15,16)(H,17,18). The smallest absolute Gasteiger partial charge is 0.326 e. The molecule has 0 saturated heterocycles. The summed E-state index contributed by atoms with van der Waals surface area (Å²) in [6.45, 7) is 1.74. The van der Waals surface area contributed by atoms with E-state index in [4.69, 9.17) is 5.11 Å². The Morgan fingerprint density at radius 3 is 2.58 bits per heavy atom. The van der Waals surface area contributed by atoms with Gasteiger partial charge in [-0.25, -0.2) is 4.79 Å². The Balaban J connectivity index is 2.19. The Morgan fingerprint density at radius 2 is 2.00 bits per heavy atom. The molecule has 1 amide bonds. The average Bonchev–Trinajstić information content (AvgIpc) is 2.42. The van der Waals surface area contributed by atoms with Gasteiger partial charge in [0, 0.05) is 11.3 Å². The number of carboxylic acids is 1. The Kier molecular flexibility index (Phi) is 7.03. The highest BCUT2D eigenvalue weighted by Gasteiger charge is 2.16. The first-order chi connectivity index (χ1) is 9.13. The van der Waals surface area contributed by atoms with Gasteiger partial charge in [0.15, 0.2) is 0 Å². The Labute approximate surface area is 117 Å². The fourth-order valence-electron chi connectivity index (χ4n) is 1.54. The highest BCUT2D eigenvalue weighted by Crippen LogP contribution is 2.18. The maximum absolute atomic E-state index is 11.5. The van der Waals surface area contributed by atoms with Gasteiger partial charge in [-0.05, 0) is 30.7 Å². The van der Waals surface area contributed by atoms with Crippen LogP contribution in [0.5, 0.6) is 0 Å². The number of amides is 1. The second kappa shape index (κ2) is 8.58. The van der Waals surface area contributed by atoms with Crippen LogP contribution < -0.4 is 5.32 Å². The molecule has 0 bridgehead atoms. The summed E-state index contributed by atoms with van der Waals surface area (Å²) < 4.78 is 0. The van der Waals surface area contributed by atoms with Gasteiger partial charge in [-0.15, -0.1) is 11.8 Å². The summed E-state index contributed by atoms with van der Waals surface area (Å²) in [6, 6.07) is 9.22. The van der Waals surface area contributed by atoms with E-state index in [1.807, 2.05) is 30.3 Å². The molecule has 0 spiro atoms. The minimum atomic E-state index is -0.977. The fourth-order valence-corrected chi connectivity index (χ4v) is 2.42. The third kappa shape index (κ3) is 6.29. The number of carbonyl (C=O) groups is 2. The van der Waals surface area contributed by atoms with E-state index < -0.39 is 12.0 Å². The van der Waals surface area contributed by atoms with Crippen molar-refractivity contribution in [2.24, 2.45) is 0 Å². The number of thioether (sulfide) groups is 1. The summed E-state index contributed by atoms with van der Waals surface area (Å²) in [6.07, 6.45) is 1.50. The Bertz CT molecular complexity index is 408. The highest BCUT2D eigenvalue weighted by atomic mass is 32.2. The van der Waals surface area contributed by atoms with E-state index in [1.54, 1.807) is 18.7 Å². The molecule has 1 aromatic rings. The molecule has 4 nitrogen and oxygen atoms in total. The second-order valence-corrected chi connectivity index (χ2v) is 5.30. The van der Waals surface area contributed by atoms with Crippen molar-refractivity contribution in [1.29, 1.82) is 0 Å². The SMILES string of the molecule is CCC(NC(=O)CCCSc1ccccc1)C(=O)O. The molecule has 1 atom stereocenters. The van der Waals surface area contributed by atoms with Gasteiger partial charge in [-0.2, -0.15) is 0 Å². The van der Waals surface area contributed by atoms with Gasteiger partial charge in [0.05, 0.1) is 0 Å². The molecule has 0 radical (unpaired) electrons. The molecule has 0 aromatic heterocycles. The molecule has 0 aliphatic rings. The summed E-state index contributed by atoms with van der Waals surface area (Å²) in [5, 5.41) is 11.3. The monoisotopic (exact) mass is 281 g/mol. The molecule has 0 aliphatic heterocycles. The molecule has 0 saturated carbocycles. The number of benzene rings is 1. The van der Waals surface area contributed by atoms with E-state index >= 15 is 0 Å². The summed E-state index contributed by atoms with van der Waals surface area (Å²) in [5.74, 6) is -0.321. The zero-order valence-corrected chi connectivity index (χ0v) is 11.8. The van der Waals surface area contributed by atoms with Crippen LogP contribution in [0.25, 0.3) is 0 Å². The Hall–Kier alpha value is -1.49. The van der Waals surface area contributed by atoms with Crippen LogP contribution in [0.2, 0.25) is 0 Å². The number of rotatable bonds is 8. The summed E-state index contributed by atoms with van der Waals surface area (Å²) in [7, 11) is 0. The molecule has 2 N–H and O–H groups in total. The normalized spacial score (nSPS) is 11.8. The molecule has 1 aromatic carbocycles. The quantitative estimate of drug-likeness (QED) is 0.567. The number of carbonyl (C=O) groups excluding carboxylic acids is 1. The lowest BCUT2D eigenvalue weighted by Crippen LogP contribution is -2.40. The largest absolute Gasteiger partial charge is 0.480 e. The molecular weight excluding hydrogens is 262 g/mol. The van der Waals surface area contributed by atoms with Crippen molar-refractivity contribution in [3.63, 3.8) is 0 Å². The predicted octanol–water partition coefficient (Wildman–Crippen LogP) is 2.54. The van der Waals surface area contributed by atoms with Crippen molar-refractivity contribution in [3.8, 4) is 0 Å². The lowest BCUT2D eigenvalue weighted by atomic mass is 10.2. The summed E-state index contributed by atoms with van der Waals surface area (Å²) in [5.41, 5.74) is 0. The number of nitrogens with one attached hydrogen (secondary N) is 1. The molecule has 104 valence electrons. The van der Waals surface area contributed by atoms with E-state index in [1.165, 1.54) is 4.90 Å².